The topological polar surface area (TPSA) is 52.0 Å². The van der Waals surface area contributed by atoms with Crippen LogP contribution in [0.5, 0.6) is 0 Å². The lowest BCUT2D eigenvalue weighted by atomic mass is 10.0. The molecule has 0 aliphatic carbocycles. The maximum absolute atomic E-state index is 13.1. The molecular weight excluding hydrogens is 397 g/mol. The molecule has 0 atom stereocenters. The van der Waals surface area contributed by atoms with E-state index < -0.39 is 11.7 Å². The van der Waals surface area contributed by atoms with Crippen LogP contribution in [0.1, 0.15) is 62.3 Å². The second-order valence-electron chi connectivity index (χ2n) is 7.08. The van der Waals surface area contributed by atoms with Crippen molar-refractivity contribution in [1.29, 1.82) is 0 Å². The Bertz CT molecular complexity index is 819. The molecule has 0 unspecified atom stereocenters. The van der Waals surface area contributed by atoms with Crippen molar-refractivity contribution < 1.29 is 13.2 Å². The summed E-state index contributed by atoms with van der Waals surface area (Å²) in [7, 11) is 1.50. The largest absolute Gasteiger partial charge is 0.417 e. The lowest BCUT2D eigenvalue weighted by Gasteiger charge is -2.13. The molecule has 0 bridgehead atoms. The number of nitrogens with two attached hydrogens (primary N) is 2. The maximum Gasteiger partial charge on any atom is 0.417 e. The second kappa shape index (κ2) is 15.3. The Balaban J connectivity index is 0.00000113. The zero-order valence-corrected chi connectivity index (χ0v) is 19.4. The summed E-state index contributed by atoms with van der Waals surface area (Å²) in [6, 6.07) is 13.4. The van der Waals surface area contributed by atoms with E-state index >= 15 is 0 Å². The van der Waals surface area contributed by atoms with E-state index in [-0.39, 0.29) is 11.3 Å². The standard InChI is InChI=1S/C20H20F3N.C5H12.CH5N/c1-14(11-12-16-8-4-3-7-15(16)2)13-19(24)17-9-5-6-10-18(17)20(21,22)23;1-3-5-4-2;1-2/h3-11,13H,12,24H2,1-2H3;3-5H2,1-2H3;2H2,1H3/b14-11-,19-13-;;. The monoisotopic (exact) mass is 434 g/mol. The molecule has 0 spiro atoms. The first kappa shape index (κ1) is 28.5. The summed E-state index contributed by atoms with van der Waals surface area (Å²) in [5.74, 6) is 0. The summed E-state index contributed by atoms with van der Waals surface area (Å²) in [5, 5.41) is 0. The van der Waals surface area contributed by atoms with Crippen LogP contribution in [0.2, 0.25) is 0 Å². The van der Waals surface area contributed by atoms with Crippen molar-refractivity contribution in [3.63, 3.8) is 0 Å². The molecule has 2 aromatic rings. The van der Waals surface area contributed by atoms with Gasteiger partial charge in [0.2, 0.25) is 0 Å². The summed E-state index contributed by atoms with van der Waals surface area (Å²) >= 11 is 0. The van der Waals surface area contributed by atoms with Gasteiger partial charge in [-0.1, -0.05) is 87.2 Å². The zero-order chi connectivity index (χ0) is 23.9. The minimum Gasteiger partial charge on any atom is -0.398 e. The summed E-state index contributed by atoms with van der Waals surface area (Å²) in [6.07, 6.45) is 3.91. The highest BCUT2D eigenvalue weighted by atomic mass is 19.4. The minimum atomic E-state index is -4.42. The molecule has 2 nitrogen and oxygen atoms in total. The van der Waals surface area contributed by atoms with Gasteiger partial charge in [-0.25, -0.2) is 0 Å². The summed E-state index contributed by atoms with van der Waals surface area (Å²) in [5.41, 5.74) is 13.0. The van der Waals surface area contributed by atoms with Crippen molar-refractivity contribution >= 4 is 5.70 Å². The van der Waals surface area contributed by atoms with E-state index in [0.29, 0.717) is 6.42 Å². The number of halogens is 3. The molecule has 31 heavy (non-hydrogen) atoms. The van der Waals surface area contributed by atoms with Crippen LogP contribution in [0, 0.1) is 6.92 Å². The Morgan fingerprint density at radius 3 is 2.00 bits per heavy atom. The van der Waals surface area contributed by atoms with Gasteiger partial charge in [0.15, 0.2) is 0 Å². The Morgan fingerprint density at radius 2 is 1.48 bits per heavy atom. The van der Waals surface area contributed by atoms with Crippen LogP contribution in [0.15, 0.2) is 66.3 Å². The Kier molecular flexibility index (Phi) is 14.0. The van der Waals surface area contributed by atoms with Crippen molar-refractivity contribution in [2.75, 3.05) is 7.05 Å². The molecular formula is C26H37F3N2. The smallest absolute Gasteiger partial charge is 0.398 e. The van der Waals surface area contributed by atoms with E-state index in [0.717, 1.165) is 11.6 Å². The van der Waals surface area contributed by atoms with Crippen LogP contribution in [0.4, 0.5) is 13.2 Å². The van der Waals surface area contributed by atoms with E-state index in [2.05, 4.69) is 19.6 Å². The molecule has 5 heteroatoms. The van der Waals surface area contributed by atoms with Gasteiger partial charge in [0.25, 0.3) is 0 Å². The molecule has 0 fully saturated rings. The zero-order valence-electron chi connectivity index (χ0n) is 19.4. The normalized spacial score (nSPS) is 11.8. The van der Waals surface area contributed by atoms with Gasteiger partial charge in [-0.2, -0.15) is 13.2 Å². The minimum absolute atomic E-state index is 0.00800. The number of hydrogen-bond donors (Lipinski definition) is 2. The Labute approximate surface area is 185 Å². The molecule has 0 aromatic heterocycles. The first-order valence-corrected chi connectivity index (χ1v) is 10.6. The maximum atomic E-state index is 13.1. The number of alkyl halides is 3. The number of unbranched alkanes of at least 4 members (excludes halogenated alkanes) is 2. The molecule has 0 radical (unpaired) electrons. The van der Waals surface area contributed by atoms with Gasteiger partial charge >= 0.3 is 6.18 Å². The van der Waals surface area contributed by atoms with Crippen molar-refractivity contribution in [3.05, 3.63) is 88.5 Å². The van der Waals surface area contributed by atoms with Crippen LogP contribution in [0.25, 0.3) is 5.70 Å². The van der Waals surface area contributed by atoms with Crippen LogP contribution in [-0.2, 0) is 12.6 Å². The fraction of sp³-hybridized carbons (Fsp3) is 0.385. The van der Waals surface area contributed by atoms with Gasteiger partial charge in [0, 0.05) is 11.3 Å². The fourth-order valence-corrected chi connectivity index (χ4v) is 2.83. The molecule has 0 saturated heterocycles. The fourth-order valence-electron chi connectivity index (χ4n) is 2.83. The number of benzene rings is 2. The second-order valence-corrected chi connectivity index (χ2v) is 7.08. The predicted molar refractivity (Wildman–Crippen MR) is 128 cm³/mol. The predicted octanol–water partition coefficient (Wildman–Crippen LogP) is 7.27. The van der Waals surface area contributed by atoms with E-state index in [9.17, 15) is 13.2 Å². The quantitative estimate of drug-likeness (QED) is 0.470. The van der Waals surface area contributed by atoms with Crippen LogP contribution in [-0.4, -0.2) is 7.05 Å². The molecule has 4 N–H and O–H groups in total. The molecule has 0 heterocycles. The van der Waals surface area contributed by atoms with E-state index in [4.69, 9.17) is 5.73 Å². The van der Waals surface area contributed by atoms with Crippen molar-refractivity contribution in [1.82, 2.24) is 0 Å². The molecule has 172 valence electrons. The van der Waals surface area contributed by atoms with Gasteiger partial charge in [-0.3, -0.25) is 0 Å². The average molecular weight is 435 g/mol. The van der Waals surface area contributed by atoms with Crippen LogP contribution < -0.4 is 11.5 Å². The number of allylic oxidation sites excluding steroid dienone is 3. The molecule has 0 amide bonds. The van der Waals surface area contributed by atoms with Gasteiger partial charge in [0.05, 0.1) is 5.56 Å². The summed E-state index contributed by atoms with van der Waals surface area (Å²) in [6.45, 7) is 8.29. The average Bonchev–Trinajstić information content (AvgIpc) is 2.75. The third kappa shape index (κ3) is 10.9. The lowest BCUT2D eigenvalue weighted by Crippen LogP contribution is -2.11. The van der Waals surface area contributed by atoms with Crippen molar-refractivity contribution in [2.45, 2.75) is 59.6 Å². The highest BCUT2D eigenvalue weighted by molar-refractivity contribution is 5.68. The van der Waals surface area contributed by atoms with Gasteiger partial charge in [-0.05, 0) is 50.6 Å². The molecule has 0 aliphatic rings. The summed E-state index contributed by atoms with van der Waals surface area (Å²) < 4.78 is 39.2. The van der Waals surface area contributed by atoms with Crippen LogP contribution >= 0.6 is 0 Å². The third-order valence-electron chi connectivity index (χ3n) is 4.54. The molecule has 2 rings (SSSR count). The molecule has 2 aromatic carbocycles. The molecule has 0 aliphatic heterocycles. The first-order chi connectivity index (χ1) is 14.7. The lowest BCUT2D eigenvalue weighted by molar-refractivity contribution is -0.137. The van der Waals surface area contributed by atoms with Gasteiger partial charge in [-0.15, -0.1) is 0 Å². The Hall–Kier alpha value is -2.53. The summed E-state index contributed by atoms with van der Waals surface area (Å²) in [4.78, 5) is 0. The van der Waals surface area contributed by atoms with Gasteiger partial charge < -0.3 is 11.5 Å². The number of aryl methyl sites for hydroxylation is 1. The van der Waals surface area contributed by atoms with E-state index in [1.54, 1.807) is 12.1 Å². The number of hydrogen-bond acceptors (Lipinski definition) is 2. The van der Waals surface area contributed by atoms with Gasteiger partial charge in [0.1, 0.15) is 0 Å². The van der Waals surface area contributed by atoms with Crippen LogP contribution in [0.3, 0.4) is 0 Å². The first-order valence-electron chi connectivity index (χ1n) is 10.6. The SMILES string of the molecule is CC(=C/Cc1ccccc1C)/C=C(\N)c1ccccc1C(F)(F)F.CCCCC.CN. The van der Waals surface area contributed by atoms with E-state index in [1.807, 2.05) is 44.2 Å². The third-order valence-corrected chi connectivity index (χ3v) is 4.54. The van der Waals surface area contributed by atoms with Crippen molar-refractivity contribution in [2.24, 2.45) is 11.5 Å². The van der Waals surface area contributed by atoms with Crippen molar-refractivity contribution in [3.8, 4) is 0 Å². The molecule has 0 saturated carbocycles. The highest BCUT2D eigenvalue weighted by Crippen LogP contribution is 2.33. The number of rotatable bonds is 6. The Morgan fingerprint density at radius 1 is 0.935 bits per heavy atom. The van der Waals surface area contributed by atoms with E-state index in [1.165, 1.54) is 49.6 Å². The highest BCUT2D eigenvalue weighted by Gasteiger charge is 2.33.